The molecule has 0 radical (unpaired) electrons. The van der Waals surface area contributed by atoms with Crippen molar-refractivity contribution in [3.05, 3.63) is 57.6 Å². The molecule has 1 heterocycles. The van der Waals surface area contributed by atoms with Crippen LogP contribution in [-0.4, -0.2) is 21.0 Å². The van der Waals surface area contributed by atoms with Gasteiger partial charge in [-0.25, -0.2) is 0 Å². The van der Waals surface area contributed by atoms with Crippen molar-refractivity contribution in [1.82, 2.24) is 9.97 Å². The molecule has 1 aromatic heterocycles. The lowest BCUT2D eigenvalue weighted by Crippen LogP contribution is -2.18. The van der Waals surface area contributed by atoms with Crippen molar-refractivity contribution < 1.29 is 9.90 Å². The third-order valence-corrected chi connectivity index (χ3v) is 3.90. The van der Waals surface area contributed by atoms with Crippen molar-refractivity contribution in [3.63, 3.8) is 0 Å². The second-order valence-corrected chi connectivity index (χ2v) is 5.52. The smallest absolute Gasteiger partial charge is 0.313 e. The van der Waals surface area contributed by atoms with E-state index in [4.69, 9.17) is 0 Å². The number of hydrogen-bond acceptors (Lipinski definition) is 3. The van der Waals surface area contributed by atoms with Crippen molar-refractivity contribution in [2.24, 2.45) is 0 Å². The molecule has 104 valence electrons. The quantitative estimate of drug-likeness (QED) is 0.931. The van der Waals surface area contributed by atoms with Crippen LogP contribution in [0.15, 0.2) is 34.9 Å². The number of carboxylic acids is 1. The Hall–Kier alpha value is -1.75. The van der Waals surface area contributed by atoms with Gasteiger partial charge in [0.05, 0.1) is 17.1 Å². The fourth-order valence-electron chi connectivity index (χ4n) is 2.07. The molecule has 0 spiro atoms. The summed E-state index contributed by atoms with van der Waals surface area (Å²) in [6.45, 7) is 3.60. The van der Waals surface area contributed by atoms with E-state index in [-0.39, 0.29) is 0 Å². The lowest BCUT2D eigenvalue weighted by atomic mass is 9.95. The summed E-state index contributed by atoms with van der Waals surface area (Å²) in [5.41, 5.74) is 2.87. The number of aromatic nitrogens is 2. The Balaban J connectivity index is 2.40. The normalized spacial score (nSPS) is 12.2. The molecule has 0 amide bonds. The largest absolute Gasteiger partial charge is 0.481 e. The van der Waals surface area contributed by atoms with Gasteiger partial charge in [0.1, 0.15) is 5.92 Å². The molecule has 20 heavy (non-hydrogen) atoms. The zero-order valence-electron chi connectivity index (χ0n) is 11.3. The van der Waals surface area contributed by atoms with Gasteiger partial charge in [-0.15, -0.1) is 0 Å². The summed E-state index contributed by atoms with van der Waals surface area (Å²) in [7, 11) is 0. The van der Waals surface area contributed by atoms with Gasteiger partial charge in [0.2, 0.25) is 0 Å². The van der Waals surface area contributed by atoms with Crippen LogP contribution in [-0.2, 0) is 11.2 Å². The molecule has 0 fully saturated rings. The number of hydrogen-bond donors (Lipinski definition) is 1. The molecule has 5 heteroatoms. The Labute approximate surface area is 126 Å². The predicted octanol–water partition coefficient (Wildman–Crippen LogP) is 3.27. The van der Waals surface area contributed by atoms with Gasteiger partial charge in [-0.05, 0) is 31.9 Å². The number of carboxylic acid groups (broad SMARTS) is 1. The van der Waals surface area contributed by atoms with Crippen LogP contribution in [0.3, 0.4) is 0 Å². The van der Waals surface area contributed by atoms with Crippen molar-refractivity contribution >= 4 is 21.9 Å². The van der Waals surface area contributed by atoms with E-state index in [1.807, 2.05) is 31.2 Å². The molecule has 0 aliphatic rings. The average Bonchev–Trinajstić information content (AvgIpc) is 2.40. The minimum Gasteiger partial charge on any atom is -0.481 e. The second-order valence-electron chi connectivity index (χ2n) is 4.67. The first-order valence-electron chi connectivity index (χ1n) is 6.25. The number of aryl methyl sites for hydroxylation is 2. The summed E-state index contributed by atoms with van der Waals surface area (Å²) in [5, 5.41) is 9.51. The van der Waals surface area contributed by atoms with Crippen LogP contribution >= 0.6 is 15.9 Å². The Morgan fingerprint density at radius 2 is 2.05 bits per heavy atom. The van der Waals surface area contributed by atoms with Crippen LogP contribution in [0, 0.1) is 13.8 Å². The molecule has 2 aromatic rings. The molecule has 2 rings (SSSR count). The van der Waals surface area contributed by atoms with Gasteiger partial charge in [0, 0.05) is 10.7 Å². The van der Waals surface area contributed by atoms with E-state index in [9.17, 15) is 9.90 Å². The molecular weight excluding hydrogens is 320 g/mol. The number of aliphatic carboxylic acids is 1. The van der Waals surface area contributed by atoms with E-state index in [0.717, 1.165) is 15.7 Å². The van der Waals surface area contributed by atoms with Crippen molar-refractivity contribution in [3.8, 4) is 0 Å². The Morgan fingerprint density at radius 1 is 1.35 bits per heavy atom. The molecule has 0 aliphatic carbocycles. The van der Waals surface area contributed by atoms with Crippen LogP contribution < -0.4 is 0 Å². The molecular formula is C15H15BrN2O2. The second kappa shape index (κ2) is 6.13. The molecule has 0 saturated carbocycles. The van der Waals surface area contributed by atoms with Gasteiger partial charge in [-0.1, -0.05) is 34.1 Å². The number of halogens is 1. The SMILES string of the molecule is Cc1cnc(C)c(C(Cc2ccccc2Br)C(=O)O)n1. The fourth-order valence-corrected chi connectivity index (χ4v) is 2.52. The molecule has 1 unspecified atom stereocenters. The van der Waals surface area contributed by atoms with Crippen molar-refractivity contribution in [2.75, 3.05) is 0 Å². The Bertz CT molecular complexity index is 644. The standard InChI is InChI=1S/C15H15BrN2O2/c1-9-8-17-10(2)14(18-9)12(15(19)20)7-11-5-3-4-6-13(11)16/h3-6,8,12H,7H2,1-2H3,(H,19,20). The highest BCUT2D eigenvalue weighted by molar-refractivity contribution is 9.10. The van der Waals surface area contributed by atoms with Gasteiger partial charge >= 0.3 is 5.97 Å². The Morgan fingerprint density at radius 3 is 2.70 bits per heavy atom. The lowest BCUT2D eigenvalue weighted by Gasteiger charge is -2.15. The predicted molar refractivity (Wildman–Crippen MR) is 79.7 cm³/mol. The first-order chi connectivity index (χ1) is 9.49. The number of rotatable bonds is 4. The summed E-state index contributed by atoms with van der Waals surface area (Å²) >= 11 is 3.45. The lowest BCUT2D eigenvalue weighted by molar-refractivity contribution is -0.138. The van der Waals surface area contributed by atoms with E-state index in [0.29, 0.717) is 17.8 Å². The molecule has 0 bridgehead atoms. The van der Waals surface area contributed by atoms with Gasteiger partial charge in [0.15, 0.2) is 0 Å². The minimum atomic E-state index is -0.885. The molecule has 1 N–H and O–H groups in total. The summed E-state index contributed by atoms with van der Waals surface area (Å²) in [5.74, 6) is -1.58. The van der Waals surface area contributed by atoms with Crippen LogP contribution in [0.5, 0.6) is 0 Å². The van der Waals surface area contributed by atoms with E-state index in [2.05, 4.69) is 25.9 Å². The summed E-state index contributed by atoms with van der Waals surface area (Å²) < 4.78 is 0.907. The highest BCUT2D eigenvalue weighted by Gasteiger charge is 2.25. The first kappa shape index (κ1) is 14.7. The zero-order chi connectivity index (χ0) is 14.7. The van der Waals surface area contributed by atoms with Crippen molar-refractivity contribution in [1.29, 1.82) is 0 Å². The van der Waals surface area contributed by atoms with E-state index in [1.54, 1.807) is 13.1 Å². The van der Waals surface area contributed by atoms with Gasteiger partial charge in [-0.3, -0.25) is 14.8 Å². The third kappa shape index (κ3) is 3.22. The van der Waals surface area contributed by atoms with Gasteiger partial charge in [0.25, 0.3) is 0 Å². The number of benzene rings is 1. The van der Waals surface area contributed by atoms with E-state index < -0.39 is 11.9 Å². The average molecular weight is 335 g/mol. The van der Waals surface area contributed by atoms with Gasteiger partial charge in [-0.2, -0.15) is 0 Å². The van der Waals surface area contributed by atoms with Crippen molar-refractivity contribution in [2.45, 2.75) is 26.2 Å². The molecule has 1 aromatic carbocycles. The monoisotopic (exact) mass is 334 g/mol. The van der Waals surface area contributed by atoms with Crippen LogP contribution in [0.25, 0.3) is 0 Å². The first-order valence-corrected chi connectivity index (χ1v) is 7.04. The number of nitrogens with zero attached hydrogens (tertiary/aromatic N) is 2. The maximum absolute atomic E-state index is 11.6. The summed E-state index contributed by atoms with van der Waals surface area (Å²) in [6.07, 6.45) is 2.03. The minimum absolute atomic E-state index is 0.385. The molecule has 4 nitrogen and oxygen atoms in total. The summed E-state index contributed by atoms with van der Waals surface area (Å²) in [4.78, 5) is 20.2. The highest BCUT2D eigenvalue weighted by Crippen LogP contribution is 2.26. The molecule has 0 saturated heterocycles. The van der Waals surface area contributed by atoms with Crippen LogP contribution in [0.1, 0.15) is 28.6 Å². The van der Waals surface area contributed by atoms with E-state index in [1.165, 1.54) is 0 Å². The van der Waals surface area contributed by atoms with Crippen LogP contribution in [0.4, 0.5) is 0 Å². The fraction of sp³-hybridized carbons (Fsp3) is 0.267. The van der Waals surface area contributed by atoms with Crippen LogP contribution in [0.2, 0.25) is 0 Å². The van der Waals surface area contributed by atoms with E-state index >= 15 is 0 Å². The third-order valence-electron chi connectivity index (χ3n) is 3.12. The molecule has 0 aliphatic heterocycles. The number of carbonyl (C=O) groups is 1. The Kier molecular flexibility index (Phi) is 4.49. The topological polar surface area (TPSA) is 63.1 Å². The maximum Gasteiger partial charge on any atom is 0.313 e. The maximum atomic E-state index is 11.6. The van der Waals surface area contributed by atoms with Gasteiger partial charge < -0.3 is 5.11 Å². The zero-order valence-corrected chi connectivity index (χ0v) is 12.9. The summed E-state index contributed by atoms with van der Waals surface area (Å²) in [6, 6.07) is 7.62. The highest BCUT2D eigenvalue weighted by atomic mass is 79.9. The molecule has 1 atom stereocenters.